The van der Waals surface area contributed by atoms with Gasteiger partial charge < -0.3 is 14.7 Å². The number of anilines is 2. The van der Waals surface area contributed by atoms with Crippen LogP contribution >= 0.6 is 11.6 Å². The van der Waals surface area contributed by atoms with Crippen LogP contribution in [0.1, 0.15) is 29.6 Å². The molecule has 0 radical (unpaired) electrons. The van der Waals surface area contributed by atoms with Gasteiger partial charge in [-0.2, -0.15) is 0 Å². The van der Waals surface area contributed by atoms with Gasteiger partial charge in [-0.3, -0.25) is 4.79 Å². The second-order valence-electron chi connectivity index (χ2n) is 7.09. The second-order valence-corrected chi connectivity index (χ2v) is 7.52. The van der Waals surface area contributed by atoms with Crippen LogP contribution in [0.4, 0.5) is 11.6 Å². The van der Waals surface area contributed by atoms with Gasteiger partial charge in [-0.15, -0.1) is 10.2 Å². The zero-order valence-electron chi connectivity index (χ0n) is 15.4. The van der Waals surface area contributed by atoms with Gasteiger partial charge >= 0.3 is 0 Å². The summed E-state index contributed by atoms with van der Waals surface area (Å²) >= 11 is 6.00. The SMILES string of the molecule is O=C(c1cccc(Cl)c1)N1CCN(c2ccc(N3CCCCC3)nn2)CC1. The quantitative estimate of drug-likeness (QED) is 0.812. The first-order valence-corrected chi connectivity index (χ1v) is 9.97. The number of piperidine rings is 1. The predicted octanol–water partition coefficient (Wildman–Crippen LogP) is 3.08. The number of halogens is 1. The van der Waals surface area contributed by atoms with E-state index in [1.54, 1.807) is 12.1 Å². The van der Waals surface area contributed by atoms with Gasteiger partial charge in [-0.25, -0.2) is 0 Å². The summed E-state index contributed by atoms with van der Waals surface area (Å²) in [5.74, 6) is 1.88. The fraction of sp³-hybridized carbons (Fsp3) is 0.450. The molecule has 0 bridgehead atoms. The van der Waals surface area contributed by atoms with Gasteiger partial charge in [0.05, 0.1) is 0 Å². The van der Waals surface area contributed by atoms with E-state index in [4.69, 9.17) is 11.6 Å². The number of benzene rings is 1. The van der Waals surface area contributed by atoms with Crippen LogP contribution < -0.4 is 9.80 Å². The van der Waals surface area contributed by atoms with Crippen molar-refractivity contribution >= 4 is 29.1 Å². The van der Waals surface area contributed by atoms with Crippen molar-refractivity contribution in [3.05, 3.63) is 47.0 Å². The molecule has 2 aliphatic heterocycles. The summed E-state index contributed by atoms with van der Waals surface area (Å²) in [6.07, 6.45) is 3.76. The maximum atomic E-state index is 12.6. The van der Waals surface area contributed by atoms with Gasteiger partial charge in [-0.1, -0.05) is 17.7 Å². The van der Waals surface area contributed by atoms with E-state index in [1.165, 1.54) is 19.3 Å². The summed E-state index contributed by atoms with van der Waals surface area (Å²) in [6, 6.07) is 11.2. The Labute approximate surface area is 164 Å². The number of carbonyl (C=O) groups excluding carboxylic acids is 1. The third-order valence-electron chi connectivity index (χ3n) is 5.28. The van der Waals surface area contributed by atoms with Gasteiger partial charge in [-0.05, 0) is 49.6 Å². The molecule has 2 aliphatic rings. The first-order valence-electron chi connectivity index (χ1n) is 9.59. The van der Waals surface area contributed by atoms with Gasteiger partial charge in [0.1, 0.15) is 0 Å². The number of piperazine rings is 1. The normalized spacial score (nSPS) is 17.9. The first kappa shape index (κ1) is 18.0. The fourth-order valence-electron chi connectivity index (χ4n) is 3.72. The summed E-state index contributed by atoms with van der Waals surface area (Å²) in [4.78, 5) is 19.0. The summed E-state index contributed by atoms with van der Waals surface area (Å²) in [7, 11) is 0. The Kier molecular flexibility index (Phi) is 5.43. The third kappa shape index (κ3) is 4.16. The average Bonchev–Trinajstić information content (AvgIpc) is 2.74. The Morgan fingerprint density at radius 2 is 1.44 bits per heavy atom. The molecule has 1 aromatic carbocycles. The molecule has 0 atom stereocenters. The van der Waals surface area contributed by atoms with E-state index in [2.05, 4.69) is 26.1 Å². The van der Waals surface area contributed by atoms with Crippen molar-refractivity contribution in [1.29, 1.82) is 0 Å². The standard InChI is InChI=1S/C20H24ClN5O/c21-17-6-4-5-16(15-17)20(27)26-13-11-25(12-14-26)19-8-7-18(22-23-19)24-9-2-1-3-10-24/h4-8,15H,1-3,9-14H2. The van der Waals surface area contributed by atoms with Crippen molar-refractivity contribution < 1.29 is 4.79 Å². The topological polar surface area (TPSA) is 52.6 Å². The number of hydrogen-bond donors (Lipinski definition) is 0. The van der Waals surface area contributed by atoms with Crippen LogP contribution in [-0.2, 0) is 0 Å². The predicted molar refractivity (Wildman–Crippen MR) is 108 cm³/mol. The molecule has 0 aliphatic carbocycles. The third-order valence-corrected chi connectivity index (χ3v) is 5.51. The maximum absolute atomic E-state index is 12.6. The molecule has 4 rings (SSSR count). The molecule has 3 heterocycles. The molecule has 2 fully saturated rings. The van der Waals surface area contributed by atoms with E-state index in [9.17, 15) is 4.79 Å². The first-order chi connectivity index (χ1) is 13.2. The molecule has 142 valence electrons. The van der Waals surface area contributed by atoms with E-state index in [-0.39, 0.29) is 5.91 Å². The van der Waals surface area contributed by atoms with Crippen molar-refractivity contribution in [3.8, 4) is 0 Å². The molecular weight excluding hydrogens is 362 g/mol. The Balaban J connectivity index is 1.35. The van der Waals surface area contributed by atoms with Crippen molar-refractivity contribution in [2.24, 2.45) is 0 Å². The fourth-order valence-corrected chi connectivity index (χ4v) is 3.91. The molecular formula is C20H24ClN5O. The van der Waals surface area contributed by atoms with Crippen molar-refractivity contribution in [2.45, 2.75) is 19.3 Å². The molecule has 2 saturated heterocycles. The number of rotatable bonds is 3. The van der Waals surface area contributed by atoms with Gasteiger partial charge in [0.15, 0.2) is 11.6 Å². The summed E-state index contributed by atoms with van der Waals surface area (Å²) in [6.45, 7) is 4.98. The summed E-state index contributed by atoms with van der Waals surface area (Å²) < 4.78 is 0. The van der Waals surface area contributed by atoms with Crippen molar-refractivity contribution in [2.75, 3.05) is 49.1 Å². The molecule has 0 spiro atoms. The molecule has 0 unspecified atom stereocenters. The van der Waals surface area contributed by atoms with E-state index in [0.717, 1.165) is 37.8 Å². The van der Waals surface area contributed by atoms with Gasteiger partial charge in [0.2, 0.25) is 0 Å². The highest BCUT2D eigenvalue weighted by molar-refractivity contribution is 6.30. The van der Waals surface area contributed by atoms with Crippen molar-refractivity contribution in [1.82, 2.24) is 15.1 Å². The molecule has 0 saturated carbocycles. The lowest BCUT2D eigenvalue weighted by molar-refractivity contribution is 0.0746. The van der Waals surface area contributed by atoms with Crippen LogP contribution in [0.25, 0.3) is 0 Å². The zero-order chi connectivity index (χ0) is 18.6. The van der Waals surface area contributed by atoms with E-state index in [0.29, 0.717) is 23.7 Å². The Hall–Kier alpha value is -2.34. The average molecular weight is 386 g/mol. The van der Waals surface area contributed by atoms with Crippen molar-refractivity contribution in [3.63, 3.8) is 0 Å². The highest BCUT2D eigenvalue weighted by Gasteiger charge is 2.23. The second kappa shape index (κ2) is 8.13. The smallest absolute Gasteiger partial charge is 0.254 e. The van der Waals surface area contributed by atoms with Crippen LogP contribution in [0.15, 0.2) is 36.4 Å². The van der Waals surface area contributed by atoms with Crippen LogP contribution in [-0.4, -0.2) is 60.3 Å². The monoisotopic (exact) mass is 385 g/mol. The molecule has 0 N–H and O–H groups in total. The molecule has 1 amide bonds. The lowest BCUT2D eigenvalue weighted by atomic mass is 10.1. The van der Waals surface area contributed by atoms with Crippen LogP contribution in [0, 0.1) is 0 Å². The minimum absolute atomic E-state index is 0.0312. The number of aromatic nitrogens is 2. The minimum atomic E-state index is 0.0312. The Bertz CT molecular complexity index is 783. The van der Waals surface area contributed by atoms with Crippen LogP contribution in [0.3, 0.4) is 0 Å². The Morgan fingerprint density at radius 1 is 0.815 bits per heavy atom. The molecule has 2 aromatic rings. The number of amides is 1. The molecule has 6 nitrogen and oxygen atoms in total. The van der Waals surface area contributed by atoms with Crippen LogP contribution in [0.2, 0.25) is 5.02 Å². The lowest BCUT2D eigenvalue weighted by Crippen LogP contribution is -2.49. The van der Waals surface area contributed by atoms with E-state index >= 15 is 0 Å². The largest absolute Gasteiger partial charge is 0.355 e. The lowest BCUT2D eigenvalue weighted by Gasteiger charge is -2.35. The molecule has 7 heteroatoms. The molecule has 27 heavy (non-hydrogen) atoms. The minimum Gasteiger partial charge on any atom is -0.355 e. The number of carbonyl (C=O) groups is 1. The zero-order valence-corrected chi connectivity index (χ0v) is 16.1. The summed E-state index contributed by atoms with van der Waals surface area (Å²) in [5, 5.41) is 9.45. The number of hydrogen-bond acceptors (Lipinski definition) is 5. The molecule has 1 aromatic heterocycles. The summed E-state index contributed by atoms with van der Waals surface area (Å²) in [5.41, 5.74) is 0.640. The van der Waals surface area contributed by atoms with Gasteiger partial charge in [0, 0.05) is 49.9 Å². The number of nitrogens with zero attached hydrogens (tertiary/aromatic N) is 5. The van der Waals surface area contributed by atoms with Crippen LogP contribution in [0.5, 0.6) is 0 Å². The van der Waals surface area contributed by atoms with Gasteiger partial charge in [0.25, 0.3) is 5.91 Å². The van der Waals surface area contributed by atoms with E-state index < -0.39 is 0 Å². The highest BCUT2D eigenvalue weighted by atomic mass is 35.5. The Morgan fingerprint density at radius 3 is 2.04 bits per heavy atom. The van der Waals surface area contributed by atoms with E-state index in [1.807, 2.05) is 23.1 Å². The highest BCUT2D eigenvalue weighted by Crippen LogP contribution is 2.20. The maximum Gasteiger partial charge on any atom is 0.254 e.